The Morgan fingerprint density at radius 1 is 1.26 bits per heavy atom. The van der Waals surface area contributed by atoms with Crippen molar-refractivity contribution in [1.82, 2.24) is 5.32 Å². The molecule has 1 aromatic carbocycles. The number of benzene rings is 1. The lowest BCUT2D eigenvalue weighted by molar-refractivity contribution is -0.121. The molecule has 1 aromatic rings. The van der Waals surface area contributed by atoms with Gasteiger partial charge >= 0.3 is 0 Å². The third-order valence-electron chi connectivity index (χ3n) is 2.78. The van der Waals surface area contributed by atoms with Gasteiger partial charge in [-0.3, -0.25) is 4.79 Å². The van der Waals surface area contributed by atoms with Gasteiger partial charge < -0.3 is 15.2 Å². The Labute approximate surface area is 114 Å². The standard InChI is InChI=1S/C15H23NO3/c1-13-3-5-14(6-4-13)7-8-15(18)16-9-2-11-19-12-10-17/h3-6,17H,2,7-12H2,1H3,(H,16,18). The Morgan fingerprint density at radius 2 is 2.00 bits per heavy atom. The number of aliphatic hydroxyl groups excluding tert-OH is 1. The summed E-state index contributed by atoms with van der Waals surface area (Å²) < 4.78 is 5.10. The molecule has 0 spiro atoms. The molecule has 0 heterocycles. The smallest absolute Gasteiger partial charge is 0.220 e. The molecule has 0 unspecified atom stereocenters. The van der Waals surface area contributed by atoms with Crippen molar-refractivity contribution in [3.8, 4) is 0 Å². The number of nitrogens with one attached hydrogen (secondary N) is 1. The first-order chi connectivity index (χ1) is 9.22. The van der Waals surface area contributed by atoms with Crippen LogP contribution in [0.2, 0.25) is 0 Å². The fourth-order valence-electron chi connectivity index (χ4n) is 1.67. The summed E-state index contributed by atoms with van der Waals surface area (Å²) in [5, 5.41) is 11.4. The maximum Gasteiger partial charge on any atom is 0.220 e. The number of carbonyl (C=O) groups is 1. The van der Waals surface area contributed by atoms with E-state index in [0.717, 1.165) is 12.8 Å². The van der Waals surface area contributed by atoms with Crippen molar-refractivity contribution in [3.05, 3.63) is 35.4 Å². The number of amides is 1. The molecule has 2 N–H and O–H groups in total. The Morgan fingerprint density at radius 3 is 2.68 bits per heavy atom. The first-order valence-corrected chi connectivity index (χ1v) is 6.73. The van der Waals surface area contributed by atoms with Crippen LogP contribution in [0.5, 0.6) is 0 Å². The van der Waals surface area contributed by atoms with E-state index in [1.165, 1.54) is 11.1 Å². The van der Waals surface area contributed by atoms with Gasteiger partial charge in [-0.05, 0) is 25.3 Å². The van der Waals surface area contributed by atoms with E-state index in [1.54, 1.807) is 0 Å². The topological polar surface area (TPSA) is 58.6 Å². The summed E-state index contributed by atoms with van der Waals surface area (Å²) in [4.78, 5) is 11.6. The Kier molecular flexibility index (Phi) is 7.86. The molecule has 0 atom stereocenters. The van der Waals surface area contributed by atoms with Crippen LogP contribution in [-0.4, -0.2) is 37.4 Å². The number of hydrogen-bond donors (Lipinski definition) is 2. The summed E-state index contributed by atoms with van der Waals surface area (Å²) >= 11 is 0. The zero-order chi connectivity index (χ0) is 13.9. The highest BCUT2D eigenvalue weighted by molar-refractivity contribution is 5.76. The van der Waals surface area contributed by atoms with Crippen molar-refractivity contribution >= 4 is 5.91 Å². The molecule has 0 saturated heterocycles. The van der Waals surface area contributed by atoms with Gasteiger partial charge in [0.15, 0.2) is 0 Å². The molecule has 0 aromatic heterocycles. The van der Waals surface area contributed by atoms with Gasteiger partial charge in [-0.1, -0.05) is 29.8 Å². The predicted octanol–water partition coefficient (Wildman–Crippen LogP) is 1.44. The molecule has 0 aliphatic carbocycles. The normalized spacial score (nSPS) is 10.4. The average molecular weight is 265 g/mol. The summed E-state index contributed by atoms with van der Waals surface area (Å²) in [6.45, 7) is 3.65. The summed E-state index contributed by atoms with van der Waals surface area (Å²) in [5.41, 5.74) is 2.42. The lowest BCUT2D eigenvalue weighted by atomic mass is 10.1. The van der Waals surface area contributed by atoms with Gasteiger partial charge in [-0.2, -0.15) is 0 Å². The van der Waals surface area contributed by atoms with Gasteiger partial charge in [0, 0.05) is 19.6 Å². The molecule has 19 heavy (non-hydrogen) atoms. The Balaban J connectivity index is 2.06. The van der Waals surface area contributed by atoms with Gasteiger partial charge in [0.05, 0.1) is 13.2 Å². The van der Waals surface area contributed by atoms with E-state index < -0.39 is 0 Å². The Hall–Kier alpha value is -1.39. The molecule has 1 rings (SSSR count). The predicted molar refractivity (Wildman–Crippen MR) is 75.0 cm³/mol. The van der Waals surface area contributed by atoms with Crippen LogP contribution in [0, 0.1) is 6.92 Å². The van der Waals surface area contributed by atoms with Crippen LogP contribution < -0.4 is 5.32 Å². The fourth-order valence-corrected chi connectivity index (χ4v) is 1.67. The monoisotopic (exact) mass is 265 g/mol. The molecule has 4 nitrogen and oxygen atoms in total. The first kappa shape index (κ1) is 15.7. The zero-order valence-corrected chi connectivity index (χ0v) is 11.5. The number of carbonyl (C=O) groups excluding carboxylic acids is 1. The molecule has 0 saturated carbocycles. The molecule has 0 fully saturated rings. The van der Waals surface area contributed by atoms with Crippen molar-refractivity contribution in [2.45, 2.75) is 26.2 Å². The van der Waals surface area contributed by atoms with Crippen LogP contribution in [0.4, 0.5) is 0 Å². The van der Waals surface area contributed by atoms with Crippen LogP contribution in [0.3, 0.4) is 0 Å². The highest BCUT2D eigenvalue weighted by Crippen LogP contribution is 2.05. The fraction of sp³-hybridized carbons (Fsp3) is 0.533. The second-order valence-corrected chi connectivity index (χ2v) is 4.53. The van der Waals surface area contributed by atoms with E-state index in [0.29, 0.717) is 26.2 Å². The number of hydrogen-bond acceptors (Lipinski definition) is 3. The van der Waals surface area contributed by atoms with E-state index in [1.807, 2.05) is 0 Å². The third kappa shape index (κ3) is 7.59. The molecule has 0 aliphatic rings. The Bertz CT molecular complexity index is 362. The SMILES string of the molecule is Cc1ccc(CCC(=O)NCCCOCCO)cc1. The van der Waals surface area contributed by atoms with Crippen molar-refractivity contribution < 1.29 is 14.6 Å². The molecular weight excluding hydrogens is 242 g/mol. The number of rotatable bonds is 9. The van der Waals surface area contributed by atoms with Crippen LogP contribution in [0.15, 0.2) is 24.3 Å². The average Bonchev–Trinajstić information content (AvgIpc) is 2.42. The lowest BCUT2D eigenvalue weighted by Gasteiger charge is -2.06. The van der Waals surface area contributed by atoms with E-state index >= 15 is 0 Å². The third-order valence-corrected chi connectivity index (χ3v) is 2.78. The second-order valence-electron chi connectivity index (χ2n) is 4.53. The van der Waals surface area contributed by atoms with E-state index in [-0.39, 0.29) is 12.5 Å². The number of ether oxygens (including phenoxy) is 1. The number of aliphatic hydroxyl groups is 1. The van der Waals surface area contributed by atoms with Crippen LogP contribution in [-0.2, 0) is 16.0 Å². The summed E-state index contributed by atoms with van der Waals surface area (Å²) in [5.74, 6) is 0.0720. The van der Waals surface area contributed by atoms with Gasteiger partial charge in [0.25, 0.3) is 0 Å². The number of aryl methyl sites for hydroxylation is 2. The lowest BCUT2D eigenvalue weighted by Crippen LogP contribution is -2.25. The van der Waals surface area contributed by atoms with Gasteiger partial charge in [-0.25, -0.2) is 0 Å². The van der Waals surface area contributed by atoms with Crippen LogP contribution >= 0.6 is 0 Å². The summed E-state index contributed by atoms with van der Waals surface area (Å²) in [7, 11) is 0. The van der Waals surface area contributed by atoms with Crippen molar-refractivity contribution in [1.29, 1.82) is 0 Å². The quantitative estimate of drug-likeness (QED) is 0.664. The van der Waals surface area contributed by atoms with Crippen LogP contribution in [0.1, 0.15) is 24.0 Å². The van der Waals surface area contributed by atoms with Gasteiger partial charge in [0.2, 0.25) is 5.91 Å². The maximum absolute atomic E-state index is 11.6. The maximum atomic E-state index is 11.6. The van der Waals surface area contributed by atoms with Gasteiger partial charge in [-0.15, -0.1) is 0 Å². The minimum absolute atomic E-state index is 0.0446. The molecule has 1 amide bonds. The van der Waals surface area contributed by atoms with Crippen molar-refractivity contribution in [2.75, 3.05) is 26.4 Å². The molecule has 0 bridgehead atoms. The van der Waals surface area contributed by atoms with E-state index in [9.17, 15) is 4.79 Å². The van der Waals surface area contributed by atoms with E-state index in [2.05, 4.69) is 36.5 Å². The summed E-state index contributed by atoms with van der Waals surface area (Å²) in [6, 6.07) is 8.24. The molecule has 0 radical (unpaired) electrons. The first-order valence-electron chi connectivity index (χ1n) is 6.73. The van der Waals surface area contributed by atoms with Gasteiger partial charge in [0.1, 0.15) is 0 Å². The minimum Gasteiger partial charge on any atom is -0.394 e. The molecule has 0 aliphatic heterocycles. The molecule has 106 valence electrons. The van der Waals surface area contributed by atoms with E-state index in [4.69, 9.17) is 9.84 Å². The minimum atomic E-state index is 0.0446. The molecular formula is C15H23NO3. The van der Waals surface area contributed by atoms with Crippen LogP contribution in [0.25, 0.3) is 0 Å². The zero-order valence-electron chi connectivity index (χ0n) is 11.5. The second kappa shape index (κ2) is 9.53. The highest BCUT2D eigenvalue weighted by atomic mass is 16.5. The van der Waals surface area contributed by atoms with Crippen molar-refractivity contribution in [2.24, 2.45) is 0 Å². The van der Waals surface area contributed by atoms with Crippen molar-refractivity contribution in [3.63, 3.8) is 0 Å². The largest absolute Gasteiger partial charge is 0.394 e. The summed E-state index contributed by atoms with van der Waals surface area (Å²) in [6.07, 6.45) is 2.06. The highest BCUT2D eigenvalue weighted by Gasteiger charge is 2.01. The molecule has 4 heteroatoms.